The van der Waals surface area contributed by atoms with Crippen LogP contribution in [0.25, 0.3) is 0 Å². The molecule has 6 heteroatoms. The van der Waals surface area contributed by atoms with E-state index in [1.165, 1.54) is 11.9 Å². The van der Waals surface area contributed by atoms with Crippen molar-refractivity contribution in [3.63, 3.8) is 0 Å². The molecule has 0 aromatic rings. The Morgan fingerprint density at radius 2 is 2.06 bits per heavy atom. The fraction of sp³-hybridized carbons (Fsp3) is 0.500. The molecule has 0 saturated heterocycles. The number of aliphatic imine (C=N–C) groups is 1. The fourth-order valence-corrected chi connectivity index (χ4v) is 1.86. The van der Waals surface area contributed by atoms with E-state index in [2.05, 4.69) is 11.6 Å². The van der Waals surface area contributed by atoms with Crippen molar-refractivity contribution >= 4 is 29.6 Å². The average Bonchev–Trinajstić information content (AvgIpc) is 2.15. The second kappa shape index (κ2) is 5.40. The third-order valence-corrected chi connectivity index (χ3v) is 3.14. The van der Waals surface area contributed by atoms with Crippen LogP contribution in [-0.2, 0) is 22.2 Å². The van der Waals surface area contributed by atoms with Gasteiger partial charge in [0.15, 0.2) is 5.41 Å². The van der Waals surface area contributed by atoms with E-state index in [0.717, 1.165) is 0 Å². The van der Waals surface area contributed by atoms with Gasteiger partial charge in [-0.1, -0.05) is 19.1 Å². The monoisotopic (exact) mass is 248 g/mol. The zero-order chi connectivity index (χ0) is 11.8. The van der Waals surface area contributed by atoms with Gasteiger partial charge in [0.05, 0.1) is 0 Å². The normalized spacial score (nSPS) is 24.9. The SMILES string of the molecule is C=C(C)C1(CC)C(=O)N=C([S-])N(C)C1=O.[Na+]. The van der Waals surface area contributed by atoms with Gasteiger partial charge in [0.2, 0.25) is 5.91 Å². The standard InChI is InChI=1S/C10H14N2O2S.Na/c1-5-10(6(2)3)7(13)11-9(15)12(4)8(10)14;/h2,5H2,1,3-4H3,(H,11,13,15);/q;+1/p-1. The molecule has 82 valence electrons. The minimum Gasteiger partial charge on any atom is -0.742 e. The van der Waals surface area contributed by atoms with Crippen LogP contribution >= 0.6 is 0 Å². The zero-order valence-corrected chi connectivity index (χ0v) is 12.8. The third-order valence-electron chi connectivity index (χ3n) is 2.78. The van der Waals surface area contributed by atoms with Crippen molar-refractivity contribution in [1.29, 1.82) is 0 Å². The predicted octanol–water partition coefficient (Wildman–Crippen LogP) is -2.14. The molecule has 4 nitrogen and oxygen atoms in total. The smallest absolute Gasteiger partial charge is 0.742 e. The summed E-state index contributed by atoms with van der Waals surface area (Å²) >= 11 is 4.81. The molecular weight excluding hydrogens is 235 g/mol. The second-order valence-electron chi connectivity index (χ2n) is 3.60. The average molecular weight is 248 g/mol. The minimum atomic E-state index is -1.21. The van der Waals surface area contributed by atoms with Crippen molar-refractivity contribution < 1.29 is 39.1 Å². The molecule has 0 fully saturated rings. The van der Waals surface area contributed by atoms with Gasteiger partial charge < -0.3 is 17.5 Å². The van der Waals surface area contributed by atoms with Gasteiger partial charge in [-0.2, -0.15) is 0 Å². The van der Waals surface area contributed by atoms with Crippen molar-refractivity contribution in [2.24, 2.45) is 10.4 Å². The summed E-state index contributed by atoms with van der Waals surface area (Å²) in [5.74, 6) is -0.826. The van der Waals surface area contributed by atoms with Crippen molar-refractivity contribution in [3.8, 4) is 0 Å². The third kappa shape index (κ3) is 2.09. The first kappa shape index (κ1) is 15.8. The van der Waals surface area contributed by atoms with Crippen molar-refractivity contribution in [1.82, 2.24) is 4.90 Å². The van der Waals surface area contributed by atoms with Gasteiger partial charge in [-0.3, -0.25) is 9.59 Å². The van der Waals surface area contributed by atoms with Crippen molar-refractivity contribution in [2.75, 3.05) is 7.05 Å². The van der Waals surface area contributed by atoms with Crippen LogP contribution in [0, 0.1) is 5.41 Å². The fourth-order valence-electron chi connectivity index (χ4n) is 1.69. The number of amides is 2. The molecule has 1 heterocycles. The van der Waals surface area contributed by atoms with E-state index in [9.17, 15) is 9.59 Å². The Hall–Kier alpha value is -0.230. The summed E-state index contributed by atoms with van der Waals surface area (Å²) in [5, 5.41) is 0.0234. The van der Waals surface area contributed by atoms with Crippen LogP contribution < -0.4 is 29.6 Å². The first-order chi connectivity index (χ1) is 6.87. The van der Waals surface area contributed by atoms with Crippen LogP contribution in [-0.4, -0.2) is 28.9 Å². The summed E-state index contributed by atoms with van der Waals surface area (Å²) in [5.41, 5.74) is -0.699. The zero-order valence-electron chi connectivity index (χ0n) is 10.0. The number of hydrogen-bond acceptors (Lipinski definition) is 3. The van der Waals surface area contributed by atoms with Gasteiger partial charge in [-0.05, 0) is 18.5 Å². The Bertz CT molecular complexity index is 381. The molecule has 1 aliphatic rings. The molecule has 0 spiro atoms. The van der Waals surface area contributed by atoms with E-state index in [1.54, 1.807) is 13.8 Å². The van der Waals surface area contributed by atoms with E-state index >= 15 is 0 Å². The molecule has 1 aliphatic heterocycles. The summed E-state index contributed by atoms with van der Waals surface area (Å²) in [6, 6.07) is 0. The Balaban J connectivity index is 0.00000225. The number of hydrogen-bond donors (Lipinski definition) is 0. The van der Waals surface area contributed by atoms with E-state index in [4.69, 9.17) is 12.6 Å². The molecule has 0 saturated carbocycles. The van der Waals surface area contributed by atoms with Crippen LogP contribution in [0.2, 0.25) is 0 Å². The topological polar surface area (TPSA) is 49.7 Å². The first-order valence-electron chi connectivity index (χ1n) is 4.62. The molecule has 0 aliphatic carbocycles. The molecular formula is C10H13N2NaO2S. The molecule has 2 amide bonds. The van der Waals surface area contributed by atoms with Gasteiger partial charge >= 0.3 is 29.6 Å². The summed E-state index contributed by atoms with van der Waals surface area (Å²) in [6.45, 7) is 7.14. The molecule has 16 heavy (non-hydrogen) atoms. The van der Waals surface area contributed by atoms with Crippen molar-refractivity contribution in [3.05, 3.63) is 12.2 Å². The Labute approximate surface area is 123 Å². The number of rotatable bonds is 2. The minimum absolute atomic E-state index is 0. The van der Waals surface area contributed by atoms with Crippen molar-refractivity contribution in [2.45, 2.75) is 20.3 Å². The number of carbonyl (C=O) groups is 2. The summed E-state index contributed by atoms with van der Waals surface area (Å²) < 4.78 is 0. The van der Waals surface area contributed by atoms with Gasteiger partial charge in [0.25, 0.3) is 5.91 Å². The molecule has 1 unspecified atom stereocenters. The Morgan fingerprint density at radius 1 is 1.56 bits per heavy atom. The van der Waals surface area contributed by atoms with E-state index < -0.39 is 11.3 Å². The maximum absolute atomic E-state index is 12.0. The Kier molecular flexibility index (Phi) is 5.32. The number of carbonyl (C=O) groups excluding carboxylic acids is 2. The maximum atomic E-state index is 12.0. The van der Waals surface area contributed by atoms with Crippen LogP contribution in [0.5, 0.6) is 0 Å². The predicted molar refractivity (Wildman–Crippen MR) is 60.1 cm³/mol. The second-order valence-corrected chi connectivity index (χ2v) is 3.97. The van der Waals surface area contributed by atoms with Crippen LogP contribution in [0.3, 0.4) is 0 Å². The van der Waals surface area contributed by atoms with E-state index in [0.29, 0.717) is 12.0 Å². The molecule has 0 aromatic carbocycles. The van der Waals surface area contributed by atoms with Crippen LogP contribution in [0.4, 0.5) is 0 Å². The summed E-state index contributed by atoms with van der Waals surface area (Å²) in [4.78, 5) is 28.8. The number of amidine groups is 1. The molecule has 0 aromatic heterocycles. The quantitative estimate of drug-likeness (QED) is 0.243. The molecule has 0 N–H and O–H groups in total. The Morgan fingerprint density at radius 3 is 2.44 bits per heavy atom. The van der Waals surface area contributed by atoms with Gasteiger partial charge in [-0.15, -0.1) is 0 Å². The molecule has 1 rings (SSSR count). The van der Waals surface area contributed by atoms with Gasteiger partial charge in [-0.25, -0.2) is 4.99 Å². The molecule has 1 atom stereocenters. The van der Waals surface area contributed by atoms with E-state index in [1.807, 2.05) is 0 Å². The van der Waals surface area contributed by atoms with E-state index in [-0.39, 0.29) is 40.6 Å². The number of nitrogens with zero attached hydrogens (tertiary/aromatic N) is 2. The maximum Gasteiger partial charge on any atom is 1.00 e. The van der Waals surface area contributed by atoms with Gasteiger partial charge in [0.1, 0.15) is 0 Å². The first-order valence-corrected chi connectivity index (χ1v) is 5.03. The largest absolute Gasteiger partial charge is 1.00 e. The summed E-state index contributed by atoms with van der Waals surface area (Å²) in [7, 11) is 1.52. The molecule has 0 bridgehead atoms. The molecule has 0 radical (unpaired) electrons. The summed E-state index contributed by atoms with van der Waals surface area (Å²) in [6.07, 6.45) is 0.358. The van der Waals surface area contributed by atoms with Gasteiger partial charge in [0, 0.05) is 7.05 Å². The van der Waals surface area contributed by atoms with Crippen LogP contribution in [0.1, 0.15) is 20.3 Å². The van der Waals surface area contributed by atoms with Crippen LogP contribution in [0.15, 0.2) is 17.1 Å².